The van der Waals surface area contributed by atoms with E-state index in [4.69, 9.17) is 4.84 Å². The van der Waals surface area contributed by atoms with E-state index in [1.807, 2.05) is 34.6 Å². The average Bonchev–Trinajstić information content (AvgIpc) is 2.10. The molecule has 0 atom stereocenters. The minimum absolute atomic E-state index is 0.333. The van der Waals surface area contributed by atoms with Crippen LogP contribution in [0.15, 0.2) is 0 Å². The summed E-state index contributed by atoms with van der Waals surface area (Å²) in [5.74, 6) is 0. The largest absolute Gasteiger partial charge is 0.622 e. The van der Waals surface area contributed by atoms with Crippen LogP contribution in [-0.4, -0.2) is 33.8 Å². The van der Waals surface area contributed by atoms with E-state index in [0.29, 0.717) is 0 Å². The molecule has 1 rings (SSSR count). The highest BCUT2D eigenvalue weighted by Crippen LogP contribution is 2.33. The fraction of sp³-hybridized carbons (Fsp3) is 0.889. The fourth-order valence-electron chi connectivity index (χ4n) is 2.02. The summed E-state index contributed by atoms with van der Waals surface area (Å²) in [4.78, 5) is 5.25. The lowest BCUT2D eigenvalue weighted by molar-refractivity contribution is -0.582. The molecule has 0 saturated carbocycles. The van der Waals surface area contributed by atoms with E-state index in [1.54, 1.807) is 12.2 Å². The topological polar surface area (TPSA) is 38.5 Å². The molecule has 0 radical (unpaired) electrons. The Hall–Kier alpha value is -0.610. The highest BCUT2D eigenvalue weighted by atomic mass is 16.7. The Kier molecular flexibility index (Phi) is 2.16. The van der Waals surface area contributed by atoms with Crippen molar-refractivity contribution >= 4 is 5.71 Å². The molecule has 0 aromatic heterocycles. The molecule has 0 aliphatic carbocycles. The predicted octanol–water partition coefficient (Wildman–Crippen LogP) is 1.35. The van der Waals surface area contributed by atoms with Crippen LogP contribution >= 0.6 is 0 Å². The van der Waals surface area contributed by atoms with Gasteiger partial charge in [-0.15, -0.1) is 5.06 Å². The zero-order valence-electron chi connectivity index (χ0n) is 9.21. The highest BCUT2D eigenvalue weighted by molar-refractivity contribution is 5.87. The predicted molar refractivity (Wildman–Crippen MR) is 51.3 cm³/mol. The molecule has 0 aromatic carbocycles. The molecule has 13 heavy (non-hydrogen) atoms. The summed E-state index contributed by atoms with van der Waals surface area (Å²) in [6, 6.07) is 0. The molecule has 1 aliphatic heterocycles. The van der Waals surface area contributed by atoms with E-state index in [0.717, 1.165) is 10.5 Å². The Bertz CT molecular complexity index is 232. The third-order valence-corrected chi connectivity index (χ3v) is 2.87. The second kappa shape index (κ2) is 2.69. The van der Waals surface area contributed by atoms with E-state index in [-0.39, 0.29) is 5.54 Å². The van der Waals surface area contributed by atoms with Gasteiger partial charge in [-0.3, -0.25) is 4.84 Å². The van der Waals surface area contributed by atoms with Crippen LogP contribution in [0.5, 0.6) is 0 Å². The molecule has 4 nitrogen and oxygen atoms in total. The first-order valence-corrected chi connectivity index (χ1v) is 4.42. The first-order valence-electron chi connectivity index (χ1n) is 4.42. The van der Waals surface area contributed by atoms with Gasteiger partial charge in [-0.05, 0) is 13.8 Å². The minimum atomic E-state index is -0.623. The smallest absolute Gasteiger partial charge is 0.245 e. The van der Waals surface area contributed by atoms with E-state index in [2.05, 4.69) is 0 Å². The number of rotatable bonds is 1. The standard InChI is InChI=1S/C9H18N2O2/c1-7-8(2,3)11(13-6)9(4,5)10(7)12/h1-6H3. The van der Waals surface area contributed by atoms with Gasteiger partial charge in [0.2, 0.25) is 5.66 Å². The van der Waals surface area contributed by atoms with Gasteiger partial charge in [-0.1, -0.05) is 0 Å². The van der Waals surface area contributed by atoms with Crippen LogP contribution in [0.4, 0.5) is 0 Å². The molecule has 0 amide bonds. The number of hydrogen-bond acceptors (Lipinski definition) is 3. The maximum absolute atomic E-state index is 11.8. The number of nitrogens with zero attached hydrogens (tertiary/aromatic N) is 2. The molecule has 0 bridgehead atoms. The zero-order chi connectivity index (χ0) is 10.4. The lowest BCUT2D eigenvalue weighted by Gasteiger charge is -2.33. The van der Waals surface area contributed by atoms with Gasteiger partial charge in [0.1, 0.15) is 5.54 Å². The van der Waals surface area contributed by atoms with Crippen LogP contribution in [0, 0.1) is 5.21 Å². The number of hydroxylamine groups is 3. The zero-order valence-corrected chi connectivity index (χ0v) is 9.21. The molecule has 0 saturated heterocycles. The molecule has 1 aliphatic rings. The normalized spacial score (nSPS) is 26.9. The highest BCUT2D eigenvalue weighted by Gasteiger charge is 2.55. The van der Waals surface area contributed by atoms with E-state index in [1.165, 1.54) is 0 Å². The first kappa shape index (κ1) is 10.5. The Balaban J connectivity index is 3.20. The summed E-state index contributed by atoms with van der Waals surface area (Å²) < 4.78 is 1.01. The average molecular weight is 186 g/mol. The van der Waals surface area contributed by atoms with Crippen molar-refractivity contribution in [3.8, 4) is 0 Å². The van der Waals surface area contributed by atoms with Gasteiger partial charge in [-0.2, -0.15) is 4.74 Å². The van der Waals surface area contributed by atoms with Crippen LogP contribution in [0.1, 0.15) is 34.6 Å². The Morgan fingerprint density at radius 3 is 1.92 bits per heavy atom. The maximum atomic E-state index is 11.8. The third-order valence-electron chi connectivity index (χ3n) is 2.87. The summed E-state index contributed by atoms with van der Waals surface area (Å²) in [5, 5.41) is 13.5. The second-order valence-corrected chi connectivity index (χ2v) is 4.41. The van der Waals surface area contributed by atoms with Gasteiger partial charge in [0.15, 0.2) is 5.71 Å². The van der Waals surface area contributed by atoms with Crippen molar-refractivity contribution < 1.29 is 9.58 Å². The molecule has 0 unspecified atom stereocenters. The summed E-state index contributed by atoms with van der Waals surface area (Å²) in [5.41, 5.74) is -0.179. The van der Waals surface area contributed by atoms with E-state index < -0.39 is 5.66 Å². The van der Waals surface area contributed by atoms with Crippen LogP contribution < -0.4 is 0 Å². The van der Waals surface area contributed by atoms with E-state index in [9.17, 15) is 5.21 Å². The van der Waals surface area contributed by atoms with Crippen LogP contribution in [0.25, 0.3) is 0 Å². The molecular weight excluding hydrogens is 168 g/mol. The summed E-state index contributed by atoms with van der Waals surface area (Å²) >= 11 is 0. The monoisotopic (exact) mass is 186 g/mol. The molecule has 0 spiro atoms. The van der Waals surface area contributed by atoms with Crippen LogP contribution in [0.2, 0.25) is 0 Å². The summed E-state index contributed by atoms with van der Waals surface area (Å²) in [6.07, 6.45) is 0. The van der Waals surface area contributed by atoms with Gasteiger partial charge in [0.25, 0.3) is 0 Å². The van der Waals surface area contributed by atoms with Crippen molar-refractivity contribution in [2.24, 2.45) is 0 Å². The fourth-order valence-corrected chi connectivity index (χ4v) is 2.02. The quantitative estimate of drug-likeness (QED) is 0.458. The van der Waals surface area contributed by atoms with Crippen molar-refractivity contribution in [1.82, 2.24) is 5.06 Å². The first-order chi connectivity index (χ1) is 5.76. The van der Waals surface area contributed by atoms with E-state index >= 15 is 0 Å². The molecule has 0 fully saturated rings. The van der Waals surface area contributed by atoms with Gasteiger partial charge in [0.05, 0.1) is 7.11 Å². The van der Waals surface area contributed by atoms with Crippen molar-refractivity contribution in [1.29, 1.82) is 0 Å². The van der Waals surface area contributed by atoms with Crippen molar-refractivity contribution in [2.45, 2.75) is 45.8 Å². The van der Waals surface area contributed by atoms with Crippen molar-refractivity contribution in [3.63, 3.8) is 0 Å². The van der Waals surface area contributed by atoms with Gasteiger partial charge in [-0.25, -0.2) is 0 Å². The Morgan fingerprint density at radius 1 is 1.31 bits per heavy atom. The molecule has 0 aromatic rings. The van der Waals surface area contributed by atoms with Crippen molar-refractivity contribution in [2.75, 3.05) is 7.11 Å². The van der Waals surface area contributed by atoms with Gasteiger partial charge in [0, 0.05) is 20.8 Å². The second-order valence-electron chi connectivity index (χ2n) is 4.41. The summed E-state index contributed by atoms with van der Waals surface area (Å²) in [6.45, 7) is 9.49. The molecule has 76 valence electrons. The Labute approximate surface area is 79.3 Å². The minimum Gasteiger partial charge on any atom is -0.622 e. The van der Waals surface area contributed by atoms with Gasteiger partial charge < -0.3 is 5.21 Å². The van der Waals surface area contributed by atoms with Crippen molar-refractivity contribution in [3.05, 3.63) is 5.21 Å². The lowest BCUT2D eigenvalue weighted by atomic mass is 10.0. The molecular formula is C9H18N2O2. The molecule has 1 heterocycles. The molecule has 4 heteroatoms. The van der Waals surface area contributed by atoms with Crippen LogP contribution in [0.3, 0.4) is 0 Å². The third kappa shape index (κ3) is 1.16. The van der Waals surface area contributed by atoms with Gasteiger partial charge >= 0.3 is 0 Å². The Morgan fingerprint density at radius 2 is 1.77 bits per heavy atom. The number of hydrogen-bond donors (Lipinski definition) is 0. The summed E-state index contributed by atoms with van der Waals surface area (Å²) in [7, 11) is 1.59. The molecule has 0 N–H and O–H groups in total. The SMILES string of the molecule is CON1C(C)(C)C(C)=[N+]([O-])C1(C)C. The lowest BCUT2D eigenvalue weighted by Crippen LogP contribution is -2.52. The maximum Gasteiger partial charge on any atom is 0.245 e. The van der Waals surface area contributed by atoms with Crippen LogP contribution in [-0.2, 0) is 4.84 Å².